The summed E-state index contributed by atoms with van der Waals surface area (Å²) in [5.41, 5.74) is 16.7. The van der Waals surface area contributed by atoms with Crippen LogP contribution in [0.5, 0.6) is 0 Å². The molecule has 0 bridgehead atoms. The molecule has 4 atom stereocenters. The van der Waals surface area contributed by atoms with Gasteiger partial charge in [-0.2, -0.15) is 0 Å². The molecule has 270 valence electrons. The van der Waals surface area contributed by atoms with Gasteiger partial charge in [0.1, 0.15) is 0 Å². The number of fused-ring (bicyclic) bond motifs is 8. The minimum Gasteiger partial charge on any atom is -0.309 e. The summed E-state index contributed by atoms with van der Waals surface area (Å²) in [4.78, 5) is 0. The Morgan fingerprint density at radius 1 is 0.421 bits per heavy atom. The molecule has 1 aromatic heterocycles. The fraction of sp³-hybridized carbons (Fsp3) is 0.107. The molecule has 0 radical (unpaired) electrons. The van der Waals surface area contributed by atoms with Crippen molar-refractivity contribution in [2.24, 2.45) is 5.92 Å². The molecule has 9 aromatic rings. The maximum atomic E-state index is 2.47. The first kappa shape index (κ1) is 32.5. The minimum atomic E-state index is -0.506. The van der Waals surface area contributed by atoms with Gasteiger partial charge in [-0.25, -0.2) is 0 Å². The average molecular weight is 728 g/mol. The van der Waals surface area contributed by atoms with Gasteiger partial charge in [-0.15, -0.1) is 0 Å². The summed E-state index contributed by atoms with van der Waals surface area (Å²) < 4.78 is 2.39. The highest BCUT2D eigenvalue weighted by Gasteiger charge is 2.61. The Balaban J connectivity index is 1.09. The van der Waals surface area contributed by atoms with Crippen LogP contribution in [0.15, 0.2) is 212 Å². The Labute approximate surface area is 334 Å². The summed E-state index contributed by atoms with van der Waals surface area (Å²) in [6, 6.07) is 75.6. The maximum absolute atomic E-state index is 2.47. The third-order valence-electron chi connectivity index (χ3n) is 13.8. The van der Waals surface area contributed by atoms with Crippen LogP contribution < -0.4 is 0 Å². The molecule has 1 heteroatoms. The van der Waals surface area contributed by atoms with Gasteiger partial charge in [0.05, 0.1) is 16.4 Å². The summed E-state index contributed by atoms with van der Waals surface area (Å²) in [6.45, 7) is 0. The Morgan fingerprint density at radius 3 is 1.81 bits per heavy atom. The normalized spacial score (nSPS) is 21.6. The average Bonchev–Trinajstić information content (AvgIpc) is 3.79. The largest absolute Gasteiger partial charge is 0.309 e. The number of hydrogen-bond acceptors (Lipinski definition) is 0. The van der Waals surface area contributed by atoms with Crippen LogP contribution in [-0.4, -0.2) is 4.57 Å². The summed E-state index contributed by atoms with van der Waals surface area (Å²) in [5, 5.41) is 2.54. The van der Waals surface area contributed by atoms with Crippen molar-refractivity contribution in [1.29, 1.82) is 0 Å². The molecular formula is C56H41N. The van der Waals surface area contributed by atoms with E-state index in [1.165, 1.54) is 83.1 Å². The number of allylic oxidation sites excluding steroid dienone is 2. The third kappa shape index (κ3) is 4.35. The van der Waals surface area contributed by atoms with Gasteiger partial charge in [-0.1, -0.05) is 182 Å². The summed E-state index contributed by atoms with van der Waals surface area (Å²) in [5.74, 6) is 0.913. The quantitative estimate of drug-likeness (QED) is 0.156. The van der Waals surface area contributed by atoms with Crippen LogP contribution in [0.25, 0.3) is 38.6 Å². The van der Waals surface area contributed by atoms with Crippen LogP contribution in [0.1, 0.15) is 63.3 Å². The molecule has 12 rings (SSSR count). The highest BCUT2D eigenvalue weighted by Crippen LogP contribution is 2.68. The molecule has 0 saturated carbocycles. The van der Waals surface area contributed by atoms with Gasteiger partial charge in [-0.3, -0.25) is 0 Å². The van der Waals surface area contributed by atoms with Crippen LogP contribution in [0.2, 0.25) is 0 Å². The van der Waals surface area contributed by atoms with Gasteiger partial charge in [0.25, 0.3) is 0 Å². The van der Waals surface area contributed by atoms with Crippen LogP contribution in [0, 0.1) is 5.92 Å². The van der Waals surface area contributed by atoms with Crippen molar-refractivity contribution in [3.63, 3.8) is 0 Å². The van der Waals surface area contributed by atoms with Gasteiger partial charge < -0.3 is 4.57 Å². The zero-order valence-corrected chi connectivity index (χ0v) is 31.7. The van der Waals surface area contributed by atoms with Gasteiger partial charge in [0, 0.05) is 21.9 Å². The van der Waals surface area contributed by atoms with Crippen molar-refractivity contribution >= 4 is 21.8 Å². The summed E-state index contributed by atoms with van der Waals surface area (Å²) in [6.07, 6.45) is 7.04. The Hall–Kier alpha value is -6.70. The number of benzene rings is 8. The summed E-state index contributed by atoms with van der Waals surface area (Å²) in [7, 11) is 0. The molecule has 0 saturated heterocycles. The second-order valence-electron chi connectivity index (χ2n) is 16.3. The molecule has 8 aromatic carbocycles. The Bertz CT molecular complexity index is 3010. The molecule has 1 heterocycles. The van der Waals surface area contributed by atoms with Crippen LogP contribution in [0.4, 0.5) is 0 Å². The third-order valence-corrected chi connectivity index (χ3v) is 13.8. The lowest BCUT2D eigenvalue weighted by atomic mass is 9.50. The monoisotopic (exact) mass is 727 g/mol. The molecule has 0 amide bonds. The van der Waals surface area contributed by atoms with E-state index in [0.29, 0.717) is 11.8 Å². The van der Waals surface area contributed by atoms with E-state index < -0.39 is 5.41 Å². The number of para-hydroxylation sites is 2. The molecular weight excluding hydrogens is 687 g/mol. The van der Waals surface area contributed by atoms with E-state index in [1.807, 2.05) is 0 Å². The van der Waals surface area contributed by atoms with E-state index in [1.54, 1.807) is 0 Å². The van der Waals surface area contributed by atoms with E-state index in [9.17, 15) is 0 Å². The first-order valence-electron chi connectivity index (χ1n) is 20.5. The Kier molecular flexibility index (Phi) is 7.08. The van der Waals surface area contributed by atoms with E-state index >= 15 is 0 Å². The van der Waals surface area contributed by atoms with Gasteiger partial charge in [0.2, 0.25) is 0 Å². The molecule has 3 aliphatic carbocycles. The first-order valence-corrected chi connectivity index (χ1v) is 20.5. The predicted octanol–water partition coefficient (Wildman–Crippen LogP) is 13.5. The lowest BCUT2D eigenvalue weighted by Crippen LogP contribution is -2.46. The molecule has 57 heavy (non-hydrogen) atoms. The number of aromatic nitrogens is 1. The number of nitrogens with zero attached hydrogens (tertiary/aromatic N) is 1. The van der Waals surface area contributed by atoms with Crippen molar-refractivity contribution in [2.75, 3.05) is 0 Å². The van der Waals surface area contributed by atoms with E-state index in [-0.39, 0.29) is 5.41 Å². The molecule has 0 fully saturated rings. The van der Waals surface area contributed by atoms with E-state index in [4.69, 9.17) is 0 Å². The Morgan fingerprint density at radius 2 is 1.02 bits per heavy atom. The van der Waals surface area contributed by atoms with Crippen molar-refractivity contribution in [2.45, 2.75) is 29.6 Å². The lowest BCUT2D eigenvalue weighted by molar-refractivity contribution is 0.331. The van der Waals surface area contributed by atoms with E-state index in [0.717, 1.165) is 12.8 Å². The van der Waals surface area contributed by atoms with Crippen LogP contribution >= 0.6 is 0 Å². The molecule has 0 aliphatic heterocycles. The fourth-order valence-electron chi connectivity index (χ4n) is 11.7. The van der Waals surface area contributed by atoms with Crippen molar-refractivity contribution < 1.29 is 0 Å². The topological polar surface area (TPSA) is 4.93 Å². The maximum Gasteiger partial charge on any atom is 0.0707 e. The molecule has 1 nitrogen and oxygen atoms in total. The molecule has 0 N–H and O–H groups in total. The predicted molar refractivity (Wildman–Crippen MR) is 235 cm³/mol. The second kappa shape index (κ2) is 12.4. The van der Waals surface area contributed by atoms with Gasteiger partial charge in [0.15, 0.2) is 0 Å². The minimum absolute atomic E-state index is 0.244. The smallest absolute Gasteiger partial charge is 0.0707 e. The number of hydrogen-bond donors (Lipinski definition) is 0. The highest BCUT2D eigenvalue weighted by atomic mass is 15.0. The van der Waals surface area contributed by atoms with Crippen LogP contribution in [0.3, 0.4) is 0 Å². The van der Waals surface area contributed by atoms with Crippen molar-refractivity contribution in [3.05, 3.63) is 257 Å². The zero-order valence-electron chi connectivity index (χ0n) is 31.7. The van der Waals surface area contributed by atoms with Crippen molar-refractivity contribution in [1.82, 2.24) is 4.57 Å². The SMILES string of the molecule is C1=CCC2C(C1)c1cccc3c1C2(c1ccccc1)c1ccccc1C3(c1ccccc1)c1ccc(-c2ccc3c(c2)c2ccccc2n3-c2ccccc2)cc1. The second-order valence-corrected chi connectivity index (χ2v) is 16.3. The molecule has 0 spiro atoms. The molecule has 3 aliphatic rings. The molecule has 4 unspecified atom stereocenters. The standard InChI is InChI=1S/C56H41N/c1-4-17-40(18-5-1)55(42-34-31-38(32-35-42)39-33-36-53-47(37-39)45-24-11-15-30-52(45)57(53)43-21-8-3-9-22-43)49-27-13-14-28-50(49)56(41-19-6-2-7-20-41)48-26-12-10-23-44(48)46-25-16-29-51(55)54(46)56/h1-22,24-25,27-37,44,48H,23,26H2. The van der Waals surface area contributed by atoms with Crippen molar-refractivity contribution in [3.8, 4) is 16.8 Å². The zero-order chi connectivity index (χ0) is 37.6. The van der Waals surface area contributed by atoms with Gasteiger partial charge >= 0.3 is 0 Å². The first-order chi connectivity index (χ1) is 28.3. The number of rotatable bonds is 5. The fourth-order valence-corrected chi connectivity index (χ4v) is 11.7. The van der Waals surface area contributed by atoms with Gasteiger partial charge in [-0.05, 0) is 111 Å². The van der Waals surface area contributed by atoms with Crippen LogP contribution in [-0.2, 0) is 10.8 Å². The highest BCUT2D eigenvalue weighted by molar-refractivity contribution is 6.10. The summed E-state index contributed by atoms with van der Waals surface area (Å²) >= 11 is 0. The lowest BCUT2D eigenvalue weighted by Gasteiger charge is -2.51. The van der Waals surface area contributed by atoms with E-state index in [2.05, 4.69) is 217 Å².